The molecule has 0 radical (unpaired) electrons. The average molecular weight is 550 g/mol. The van der Waals surface area contributed by atoms with Gasteiger partial charge in [-0.05, 0) is 30.7 Å². The van der Waals surface area contributed by atoms with Crippen molar-refractivity contribution in [2.45, 2.75) is 18.6 Å². The van der Waals surface area contributed by atoms with Crippen molar-refractivity contribution in [2.75, 3.05) is 30.4 Å². The Morgan fingerprint density at radius 3 is 2.36 bits per heavy atom. The molecule has 3 aromatic carbocycles. The molecular formula is C27H27N5O6S. The van der Waals surface area contributed by atoms with Crippen LogP contribution in [0.25, 0.3) is 11.0 Å². The Morgan fingerprint density at radius 1 is 1.03 bits per heavy atom. The molecule has 0 spiro atoms. The number of ether oxygens (including phenoxy) is 3. The van der Waals surface area contributed by atoms with Gasteiger partial charge in [0.05, 0.1) is 37.5 Å². The van der Waals surface area contributed by atoms with Crippen molar-refractivity contribution in [1.29, 1.82) is 0 Å². The molecule has 1 fully saturated rings. The Hall–Kier alpha value is -4.26. The zero-order chi connectivity index (χ0) is 27.4. The molecule has 4 aromatic rings. The van der Waals surface area contributed by atoms with Gasteiger partial charge in [-0.15, -0.1) is 0 Å². The van der Waals surface area contributed by atoms with E-state index in [0.717, 1.165) is 10.7 Å². The lowest BCUT2D eigenvalue weighted by molar-refractivity contribution is -0.118. The van der Waals surface area contributed by atoms with Crippen molar-refractivity contribution >= 4 is 51.7 Å². The fraction of sp³-hybridized carbons (Fsp3) is 0.222. The first-order valence-corrected chi connectivity index (χ1v) is 13.2. The van der Waals surface area contributed by atoms with Gasteiger partial charge in [-0.2, -0.15) is 0 Å². The number of fused-ring (bicyclic) bond motifs is 1. The minimum atomic E-state index is -2.54. The Labute approximate surface area is 227 Å². The molecule has 1 amide bonds. The third-order valence-electron chi connectivity index (χ3n) is 6.38. The van der Waals surface area contributed by atoms with E-state index in [1.165, 1.54) is 0 Å². The van der Waals surface area contributed by atoms with Crippen LogP contribution in [0.1, 0.15) is 18.4 Å². The number of carbonyl (C=O) groups is 1. The normalized spacial score (nSPS) is 17.4. The van der Waals surface area contributed by atoms with Crippen LogP contribution < -0.4 is 24.4 Å². The minimum absolute atomic E-state index is 0.109. The summed E-state index contributed by atoms with van der Waals surface area (Å²) in [4.78, 5) is 20.8. The van der Waals surface area contributed by atoms with Gasteiger partial charge in [0.25, 0.3) is 11.3 Å². The van der Waals surface area contributed by atoms with Crippen molar-refractivity contribution < 1.29 is 27.8 Å². The van der Waals surface area contributed by atoms with Crippen LogP contribution >= 0.6 is 0 Å². The first kappa shape index (κ1) is 26.4. The third-order valence-corrected chi connectivity index (χ3v) is 7.07. The van der Waals surface area contributed by atoms with E-state index in [1.54, 1.807) is 68.8 Å². The molecule has 1 aromatic heterocycles. The Kier molecular flexibility index (Phi) is 7.59. The zero-order valence-corrected chi connectivity index (χ0v) is 22.1. The first-order chi connectivity index (χ1) is 19.0. The van der Waals surface area contributed by atoms with Crippen LogP contribution in [0.5, 0.6) is 11.5 Å². The van der Waals surface area contributed by atoms with E-state index in [4.69, 9.17) is 24.2 Å². The number of benzene rings is 3. The maximum absolute atomic E-state index is 12.9. The molecule has 0 saturated carbocycles. The topological polar surface area (TPSA) is 135 Å². The van der Waals surface area contributed by atoms with Gasteiger partial charge in [-0.1, -0.05) is 24.3 Å². The summed E-state index contributed by atoms with van der Waals surface area (Å²) in [6, 6.07) is 19.4. The summed E-state index contributed by atoms with van der Waals surface area (Å²) in [5.41, 5.74) is 1.67. The Balaban J connectivity index is 1.65. The molecule has 202 valence electrons. The van der Waals surface area contributed by atoms with Crippen LogP contribution in [-0.4, -0.2) is 46.0 Å². The van der Waals surface area contributed by atoms with Crippen molar-refractivity contribution in [3.05, 3.63) is 72.3 Å². The highest BCUT2D eigenvalue weighted by atomic mass is 32.2. The largest absolute Gasteiger partial charge is 0.497 e. The molecule has 1 aliphatic rings. The van der Waals surface area contributed by atoms with Gasteiger partial charge in [0.15, 0.2) is 17.4 Å². The van der Waals surface area contributed by atoms with Gasteiger partial charge in [-0.25, -0.2) is 18.5 Å². The highest BCUT2D eigenvalue weighted by Crippen LogP contribution is 2.39. The van der Waals surface area contributed by atoms with Gasteiger partial charge in [0.1, 0.15) is 11.5 Å². The lowest BCUT2D eigenvalue weighted by atomic mass is 9.99. The van der Waals surface area contributed by atoms with Crippen molar-refractivity contribution in [3.8, 4) is 11.5 Å². The molecule has 0 bridgehead atoms. The second-order valence-corrected chi connectivity index (χ2v) is 9.55. The standard InChI is InChI=1S/C27H27N5O6S/c1-36-21-14-19(15-22(16-21)37-2)29-25-26(31-24-10-4-3-9-23(24)30-25)32(39(34)35)20-8-5-7-18(13-20)27(28-17-33)11-6-12-38-27/h3-5,7-10,13-17H,6,11-12H2,1-2H3,(H,28,33)(H,29,30)(H,34,35). The molecule has 3 N–H and O–H groups in total. The predicted octanol–water partition coefficient (Wildman–Crippen LogP) is 4.37. The van der Waals surface area contributed by atoms with E-state index in [2.05, 4.69) is 10.6 Å². The molecule has 39 heavy (non-hydrogen) atoms. The molecule has 2 unspecified atom stereocenters. The summed E-state index contributed by atoms with van der Waals surface area (Å²) in [6.45, 7) is 0.481. The molecule has 5 rings (SSSR count). The highest BCUT2D eigenvalue weighted by Gasteiger charge is 2.37. The van der Waals surface area contributed by atoms with Crippen LogP contribution in [-0.2, 0) is 26.5 Å². The summed E-state index contributed by atoms with van der Waals surface area (Å²) in [5.74, 6) is 1.44. The molecule has 0 aliphatic carbocycles. The third kappa shape index (κ3) is 5.35. The monoisotopic (exact) mass is 549 g/mol. The Morgan fingerprint density at radius 2 is 1.74 bits per heavy atom. The number of anilines is 4. The van der Waals surface area contributed by atoms with Gasteiger partial charge in [0.2, 0.25) is 6.41 Å². The predicted molar refractivity (Wildman–Crippen MR) is 148 cm³/mol. The van der Waals surface area contributed by atoms with Crippen LogP contribution in [0.4, 0.5) is 23.0 Å². The van der Waals surface area contributed by atoms with E-state index < -0.39 is 17.0 Å². The van der Waals surface area contributed by atoms with Crippen molar-refractivity contribution in [2.24, 2.45) is 0 Å². The fourth-order valence-electron chi connectivity index (χ4n) is 4.56. The van der Waals surface area contributed by atoms with E-state index in [1.807, 2.05) is 12.1 Å². The number of hydrogen-bond acceptors (Lipinski definition) is 8. The van der Waals surface area contributed by atoms with E-state index in [-0.39, 0.29) is 11.6 Å². The molecule has 1 aliphatic heterocycles. The van der Waals surface area contributed by atoms with Gasteiger partial charge >= 0.3 is 0 Å². The number of rotatable bonds is 10. The van der Waals surface area contributed by atoms with Crippen LogP contribution in [0.3, 0.4) is 0 Å². The maximum Gasteiger partial charge on any atom is 0.268 e. The number of aromatic nitrogens is 2. The van der Waals surface area contributed by atoms with Gasteiger partial charge < -0.3 is 24.8 Å². The van der Waals surface area contributed by atoms with Crippen molar-refractivity contribution in [1.82, 2.24) is 15.3 Å². The first-order valence-electron chi connectivity index (χ1n) is 12.1. The smallest absolute Gasteiger partial charge is 0.268 e. The number of para-hydroxylation sites is 2. The van der Waals surface area contributed by atoms with E-state index >= 15 is 0 Å². The summed E-state index contributed by atoms with van der Waals surface area (Å²) < 4.78 is 41.2. The molecule has 12 heteroatoms. The van der Waals surface area contributed by atoms with E-state index in [9.17, 15) is 13.6 Å². The van der Waals surface area contributed by atoms with Crippen molar-refractivity contribution in [3.63, 3.8) is 0 Å². The summed E-state index contributed by atoms with van der Waals surface area (Å²) in [7, 11) is 3.09. The Bertz CT molecular complexity index is 1510. The lowest BCUT2D eigenvalue weighted by Gasteiger charge is -2.29. The number of methoxy groups -OCH3 is 2. The highest BCUT2D eigenvalue weighted by molar-refractivity contribution is 7.81. The average Bonchev–Trinajstić information content (AvgIpc) is 3.43. The SMILES string of the molecule is COc1cc(Nc2nc3ccccc3nc2N(c2cccc(C3(NC=O)CCCO3)c2)S(=O)O)cc(OC)c1. The summed E-state index contributed by atoms with van der Waals surface area (Å²) >= 11 is -2.54. The van der Waals surface area contributed by atoms with Gasteiger partial charge in [0, 0.05) is 35.9 Å². The number of amides is 1. The minimum Gasteiger partial charge on any atom is -0.497 e. The van der Waals surface area contributed by atoms with Crippen LogP contribution in [0, 0.1) is 0 Å². The zero-order valence-electron chi connectivity index (χ0n) is 21.3. The summed E-state index contributed by atoms with van der Waals surface area (Å²) in [6.07, 6.45) is 1.92. The fourth-order valence-corrected chi connectivity index (χ4v) is 5.13. The second kappa shape index (κ2) is 11.2. The quantitative estimate of drug-likeness (QED) is 0.195. The molecule has 2 atom stereocenters. The van der Waals surface area contributed by atoms with Crippen LogP contribution in [0.15, 0.2) is 66.7 Å². The number of nitrogens with zero attached hydrogens (tertiary/aromatic N) is 3. The number of hydrogen-bond donors (Lipinski definition) is 3. The van der Waals surface area contributed by atoms with Gasteiger partial charge in [-0.3, -0.25) is 9.35 Å². The lowest BCUT2D eigenvalue weighted by Crippen LogP contribution is -2.41. The van der Waals surface area contributed by atoms with Crippen LogP contribution in [0.2, 0.25) is 0 Å². The molecule has 1 saturated heterocycles. The number of carbonyl (C=O) groups excluding carboxylic acids is 1. The molecule has 2 heterocycles. The molecule has 11 nitrogen and oxygen atoms in total. The second-order valence-electron chi connectivity index (χ2n) is 8.73. The molecular weight excluding hydrogens is 522 g/mol. The summed E-state index contributed by atoms with van der Waals surface area (Å²) in [5, 5.41) is 5.99. The number of nitrogens with one attached hydrogen (secondary N) is 2. The maximum atomic E-state index is 12.9. The van der Waals surface area contributed by atoms with E-state index in [0.29, 0.717) is 58.9 Å².